The first-order chi connectivity index (χ1) is 16.5. The fraction of sp³-hybridized carbons (Fsp3) is 0.400. The van der Waals surface area contributed by atoms with Gasteiger partial charge in [0.1, 0.15) is 16.4 Å². The van der Waals surface area contributed by atoms with Crippen LogP contribution in [0.15, 0.2) is 40.9 Å². The first-order valence-corrected chi connectivity index (χ1v) is 12.3. The smallest absolute Gasteiger partial charge is 0.235 e. The third-order valence-corrected chi connectivity index (χ3v) is 6.87. The molecule has 1 aliphatic heterocycles. The number of nitrogens with zero attached hydrogens (tertiary/aromatic N) is 3. The number of hydrogen-bond acceptors (Lipinski definition) is 7. The van der Waals surface area contributed by atoms with Gasteiger partial charge in [-0.15, -0.1) is 0 Å². The lowest BCUT2D eigenvalue weighted by atomic mass is 9.91. The number of ketones is 1. The summed E-state index contributed by atoms with van der Waals surface area (Å²) in [4.78, 5) is 19.4. The average molecular weight is 503 g/mol. The molecule has 0 bridgehead atoms. The lowest BCUT2D eigenvalue weighted by Gasteiger charge is -2.31. The number of anilines is 1. The van der Waals surface area contributed by atoms with Crippen molar-refractivity contribution in [2.75, 3.05) is 25.4 Å². The van der Waals surface area contributed by atoms with Gasteiger partial charge in [-0.2, -0.15) is 0 Å². The van der Waals surface area contributed by atoms with Crippen LogP contribution in [0, 0.1) is 5.92 Å². The first kappa shape index (κ1) is 24.5. The summed E-state index contributed by atoms with van der Waals surface area (Å²) in [6, 6.07) is 12.0. The molecule has 4 rings (SSSR count). The Morgan fingerprint density at radius 3 is 2.65 bits per heavy atom. The number of carbonyl (C=O) groups excluding carboxylic acids is 1. The zero-order valence-electron chi connectivity index (χ0n) is 19.1. The highest BCUT2D eigenvalue weighted by atomic mass is 35.5. The number of benzene rings is 1. The zero-order valence-corrected chi connectivity index (χ0v) is 20.6. The average Bonchev–Trinajstić information content (AvgIpc) is 3.33. The molecule has 0 radical (unpaired) electrons. The summed E-state index contributed by atoms with van der Waals surface area (Å²) in [6.45, 7) is 4.79. The van der Waals surface area contributed by atoms with Gasteiger partial charge < -0.3 is 15.0 Å². The molecule has 0 saturated carbocycles. The van der Waals surface area contributed by atoms with Crippen molar-refractivity contribution in [2.24, 2.45) is 5.92 Å². The van der Waals surface area contributed by atoms with Gasteiger partial charge in [-0.3, -0.25) is 9.69 Å². The van der Waals surface area contributed by atoms with Crippen LogP contribution in [0.25, 0.3) is 11.3 Å². The van der Waals surface area contributed by atoms with E-state index in [1.54, 1.807) is 6.92 Å². The van der Waals surface area contributed by atoms with Crippen LogP contribution in [0.5, 0.6) is 5.88 Å². The van der Waals surface area contributed by atoms with Crippen LogP contribution in [0.3, 0.4) is 0 Å². The van der Waals surface area contributed by atoms with Crippen molar-refractivity contribution in [1.82, 2.24) is 15.0 Å². The Hall–Kier alpha value is -2.61. The van der Waals surface area contributed by atoms with Crippen LogP contribution in [-0.4, -0.2) is 40.5 Å². The SMILES string of the molecule is CCOc1nc(C(=O)CCC2CCN(Cc3cc(-c4ccccc4)no3)CC2)c(Cl)c(N)c1Cl. The van der Waals surface area contributed by atoms with Crippen LogP contribution < -0.4 is 10.5 Å². The molecule has 0 aliphatic carbocycles. The molecule has 2 N–H and O–H groups in total. The predicted octanol–water partition coefficient (Wildman–Crippen LogP) is 5.90. The van der Waals surface area contributed by atoms with E-state index in [1.165, 1.54) is 0 Å². The Morgan fingerprint density at radius 2 is 1.94 bits per heavy atom. The quantitative estimate of drug-likeness (QED) is 0.364. The number of ether oxygens (including phenoxy) is 1. The number of rotatable bonds is 9. The highest BCUT2D eigenvalue weighted by Crippen LogP contribution is 2.37. The third-order valence-electron chi connectivity index (χ3n) is 6.12. The number of halogens is 2. The molecule has 1 fully saturated rings. The molecule has 0 spiro atoms. The Morgan fingerprint density at radius 1 is 1.21 bits per heavy atom. The second-order valence-corrected chi connectivity index (χ2v) is 9.22. The molecular weight excluding hydrogens is 475 g/mol. The number of nitrogens with two attached hydrogens (primary N) is 1. The predicted molar refractivity (Wildman–Crippen MR) is 133 cm³/mol. The van der Waals surface area contributed by atoms with Crippen molar-refractivity contribution in [1.29, 1.82) is 0 Å². The third kappa shape index (κ3) is 5.71. The summed E-state index contributed by atoms with van der Waals surface area (Å²) >= 11 is 12.4. The minimum Gasteiger partial charge on any atom is -0.477 e. The molecule has 3 aromatic rings. The van der Waals surface area contributed by atoms with Crippen LogP contribution in [-0.2, 0) is 6.54 Å². The van der Waals surface area contributed by atoms with Crippen LogP contribution in [0.1, 0.15) is 48.9 Å². The summed E-state index contributed by atoms with van der Waals surface area (Å²) < 4.78 is 10.9. The Bertz CT molecular complexity index is 1130. The van der Waals surface area contributed by atoms with Gasteiger partial charge >= 0.3 is 0 Å². The van der Waals surface area contributed by atoms with E-state index in [1.807, 2.05) is 36.4 Å². The number of pyridine rings is 1. The second-order valence-electron chi connectivity index (χ2n) is 8.47. The van der Waals surface area contributed by atoms with Crippen LogP contribution in [0.4, 0.5) is 5.69 Å². The molecule has 34 heavy (non-hydrogen) atoms. The molecule has 9 heteroatoms. The number of nitrogen functional groups attached to an aromatic ring is 1. The number of likely N-dealkylation sites (tertiary alicyclic amines) is 1. The van der Waals surface area contributed by atoms with Crippen molar-refractivity contribution in [3.63, 3.8) is 0 Å². The lowest BCUT2D eigenvalue weighted by molar-refractivity contribution is 0.0954. The summed E-state index contributed by atoms with van der Waals surface area (Å²) in [5.41, 5.74) is 8.11. The molecular formula is C25H28Cl2N4O3. The normalized spacial score (nSPS) is 14.9. The highest BCUT2D eigenvalue weighted by Gasteiger charge is 2.24. The van der Waals surface area contributed by atoms with E-state index in [4.69, 9.17) is 38.2 Å². The summed E-state index contributed by atoms with van der Waals surface area (Å²) in [5, 5.41) is 4.43. The minimum absolute atomic E-state index is 0.0928. The molecule has 1 aromatic carbocycles. The van der Waals surface area contributed by atoms with Gasteiger partial charge in [-0.05, 0) is 45.2 Å². The van der Waals surface area contributed by atoms with E-state index < -0.39 is 0 Å². The molecule has 1 saturated heterocycles. The Balaban J connectivity index is 1.27. The van der Waals surface area contributed by atoms with Crippen molar-refractivity contribution < 1.29 is 14.1 Å². The maximum Gasteiger partial charge on any atom is 0.235 e. The molecule has 1 aliphatic rings. The van der Waals surface area contributed by atoms with Gasteiger partial charge in [0.25, 0.3) is 0 Å². The maximum atomic E-state index is 12.8. The van der Waals surface area contributed by atoms with Crippen molar-refractivity contribution in [2.45, 2.75) is 39.2 Å². The fourth-order valence-corrected chi connectivity index (χ4v) is 4.68. The van der Waals surface area contributed by atoms with Gasteiger partial charge in [0.15, 0.2) is 11.5 Å². The first-order valence-electron chi connectivity index (χ1n) is 11.5. The van der Waals surface area contributed by atoms with E-state index in [2.05, 4.69) is 15.0 Å². The van der Waals surface area contributed by atoms with Crippen molar-refractivity contribution >= 4 is 34.7 Å². The van der Waals surface area contributed by atoms with Gasteiger partial charge in [0, 0.05) is 18.1 Å². The summed E-state index contributed by atoms with van der Waals surface area (Å²) in [5.74, 6) is 1.32. The monoisotopic (exact) mass is 502 g/mol. The van der Waals surface area contributed by atoms with E-state index in [0.29, 0.717) is 18.9 Å². The summed E-state index contributed by atoms with van der Waals surface area (Å²) in [6.07, 6.45) is 3.16. The van der Waals surface area contributed by atoms with E-state index in [-0.39, 0.29) is 33.1 Å². The van der Waals surface area contributed by atoms with Gasteiger partial charge in [0.05, 0.1) is 23.9 Å². The molecule has 0 atom stereocenters. The number of Topliss-reactive ketones (excluding diaryl/α,β-unsaturated/α-hetero) is 1. The molecule has 7 nitrogen and oxygen atoms in total. The molecule has 2 aromatic heterocycles. The number of piperidine rings is 1. The highest BCUT2D eigenvalue weighted by molar-refractivity contribution is 6.41. The van der Waals surface area contributed by atoms with E-state index in [9.17, 15) is 4.79 Å². The van der Waals surface area contributed by atoms with E-state index >= 15 is 0 Å². The second kappa shape index (κ2) is 11.2. The van der Waals surface area contributed by atoms with Crippen molar-refractivity contribution in [3.05, 3.63) is 57.9 Å². The molecule has 3 heterocycles. The fourth-order valence-electron chi connectivity index (χ4n) is 4.20. The van der Waals surface area contributed by atoms with Crippen LogP contribution >= 0.6 is 23.2 Å². The van der Waals surface area contributed by atoms with Gasteiger partial charge in [-0.25, -0.2) is 4.98 Å². The van der Waals surface area contributed by atoms with Gasteiger partial charge in [-0.1, -0.05) is 58.7 Å². The zero-order chi connectivity index (χ0) is 24.1. The summed E-state index contributed by atoms with van der Waals surface area (Å²) in [7, 11) is 0. The largest absolute Gasteiger partial charge is 0.477 e. The molecule has 0 unspecified atom stereocenters. The molecule has 0 amide bonds. The van der Waals surface area contributed by atoms with E-state index in [0.717, 1.165) is 55.9 Å². The molecule has 180 valence electrons. The maximum absolute atomic E-state index is 12.8. The standard InChI is InChI=1S/C25H28Cl2N4O3/c1-2-33-25-22(27)23(28)21(26)24(29-25)20(32)9-8-16-10-12-31(13-11-16)15-18-14-19(30-34-18)17-6-4-3-5-7-17/h3-7,14,16H,2,8-13,15H2,1H3,(H2,28,29). The number of hydrogen-bond donors (Lipinski definition) is 1. The van der Waals surface area contributed by atoms with Gasteiger partial charge in [0.2, 0.25) is 5.88 Å². The van der Waals surface area contributed by atoms with Crippen molar-refractivity contribution in [3.8, 4) is 17.1 Å². The topological polar surface area (TPSA) is 94.5 Å². The Kier molecular flexibility index (Phi) is 8.08. The lowest BCUT2D eigenvalue weighted by Crippen LogP contribution is -2.33. The Labute approximate surface area is 209 Å². The van der Waals surface area contributed by atoms with Crippen LogP contribution in [0.2, 0.25) is 10.0 Å². The number of aromatic nitrogens is 2. The number of carbonyl (C=O) groups is 1. The minimum atomic E-state index is -0.146.